The highest BCUT2D eigenvalue weighted by molar-refractivity contribution is 6.87. The molecule has 1 aromatic rings. The lowest BCUT2D eigenvalue weighted by Gasteiger charge is -2.31. The average Bonchev–Trinajstić information content (AvgIpc) is 2.49. The first kappa shape index (κ1) is 19.1. The zero-order chi connectivity index (χ0) is 17.8. The number of hydrogen-bond acceptors (Lipinski definition) is 4. The number of ketones is 1. The number of Topliss-reactive ketones (excluding diaryl/α,β-unsaturated/α-hetero) is 1. The number of rotatable bonds is 4. The van der Waals surface area contributed by atoms with Gasteiger partial charge in [0.1, 0.15) is 8.07 Å². The van der Waals surface area contributed by atoms with Crippen molar-refractivity contribution in [3.8, 4) is 28.7 Å². The quantitative estimate of drug-likeness (QED) is 0.475. The van der Waals surface area contributed by atoms with Crippen LogP contribution in [-0.2, 0) is 0 Å². The average molecular weight is 334 g/mol. The number of carbonyl (C=O) groups is 1. The van der Waals surface area contributed by atoms with Gasteiger partial charge < -0.3 is 14.2 Å². The van der Waals surface area contributed by atoms with Crippen molar-refractivity contribution in [2.75, 3.05) is 21.3 Å². The minimum Gasteiger partial charge on any atom is -0.493 e. The Balaban J connectivity index is 3.26. The summed E-state index contributed by atoms with van der Waals surface area (Å²) in [5, 5.41) is 0.107. The molecule has 0 amide bonds. The maximum atomic E-state index is 12.5. The van der Waals surface area contributed by atoms with E-state index >= 15 is 0 Å². The van der Waals surface area contributed by atoms with Gasteiger partial charge in [0.25, 0.3) is 0 Å². The molecule has 0 unspecified atom stereocenters. The minimum atomic E-state index is -1.83. The van der Waals surface area contributed by atoms with Crippen molar-refractivity contribution in [3.63, 3.8) is 0 Å². The molecule has 0 aromatic heterocycles. The number of benzene rings is 1. The highest BCUT2D eigenvalue weighted by Crippen LogP contribution is 2.38. The summed E-state index contributed by atoms with van der Waals surface area (Å²) in [5.41, 5.74) is 3.66. The maximum absolute atomic E-state index is 12.5. The summed E-state index contributed by atoms with van der Waals surface area (Å²) >= 11 is 0. The minimum absolute atomic E-state index is 0.107. The Morgan fingerprint density at radius 1 is 1.00 bits per heavy atom. The van der Waals surface area contributed by atoms with Crippen LogP contribution in [0.5, 0.6) is 17.2 Å². The third kappa shape index (κ3) is 4.29. The van der Waals surface area contributed by atoms with Gasteiger partial charge in [-0.2, -0.15) is 0 Å². The van der Waals surface area contributed by atoms with E-state index in [-0.39, 0.29) is 10.8 Å². The zero-order valence-electron chi connectivity index (χ0n) is 15.3. The summed E-state index contributed by atoms with van der Waals surface area (Å²) in [4.78, 5) is 12.5. The molecule has 0 atom stereocenters. The lowest BCUT2D eigenvalue weighted by atomic mass is 10.1. The molecule has 0 aliphatic rings. The molecule has 23 heavy (non-hydrogen) atoms. The summed E-state index contributed by atoms with van der Waals surface area (Å²) in [7, 11) is 2.74. The van der Waals surface area contributed by atoms with E-state index in [0.29, 0.717) is 22.8 Å². The van der Waals surface area contributed by atoms with Gasteiger partial charge in [-0.3, -0.25) is 4.79 Å². The molecule has 0 fully saturated rings. The molecule has 0 heterocycles. The van der Waals surface area contributed by atoms with Gasteiger partial charge >= 0.3 is 0 Å². The number of methoxy groups -OCH3 is 3. The Morgan fingerprint density at radius 3 is 1.83 bits per heavy atom. The van der Waals surface area contributed by atoms with Crippen molar-refractivity contribution in [2.45, 2.75) is 38.9 Å². The Morgan fingerprint density at radius 2 is 1.48 bits per heavy atom. The van der Waals surface area contributed by atoms with Crippen LogP contribution in [-0.4, -0.2) is 35.2 Å². The molecule has 4 nitrogen and oxygen atoms in total. The zero-order valence-corrected chi connectivity index (χ0v) is 16.3. The number of hydrogen-bond donors (Lipinski definition) is 0. The SMILES string of the molecule is COc1cc(C(=O)C#C[Si](C)(C)C(C)(C)C)cc(OC)c1OC. The summed E-state index contributed by atoms with van der Waals surface area (Å²) < 4.78 is 15.8. The van der Waals surface area contributed by atoms with Crippen LogP contribution in [0.25, 0.3) is 0 Å². The van der Waals surface area contributed by atoms with Crippen molar-refractivity contribution in [3.05, 3.63) is 17.7 Å². The van der Waals surface area contributed by atoms with Crippen molar-refractivity contribution in [2.24, 2.45) is 0 Å². The molecule has 0 aliphatic heterocycles. The molecule has 0 radical (unpaired) electrons. The van der Waals surface area contributed by atoms with E-state index in [1.54, 1.807) is 12.1 Å². The summed E-state index contributed by atoms with van der Waals surface area (Å²) in [6.45, 7) is 10.8. The third-order valence-electron chi connectivity index (χ3n) is 4.29. The predicted octanol–water partition coefficient (Wildman–Crippen LogP) is 3.95. The van der Waals surface area contributed by atoms with Crippen LogP contribution in [0.3, 0.4) is 0 Å². The van der Waals surface area contributed by atoms with Crippen molar-refractivity contribution in [1.82, 2.24) is 0 Å². The smallest absolute Gasteiger partial charge is 0.235 e. The fraction of sp³-hybridized carbons (Fsp3) is 0.500. The predicted molar refractivity (Wildman–Crippen MR) is 95.4 cm³/mol. The van der Waals surface area contributed by atoms with Crippen LogP contribution in [0.1, 0.15) is 31.1 Å². The second-order valence-electron chi connectivity index (χ2n) is 6.87. The monoisotopic (exact) mass is 334 g/mol. The second-order valence-corrected chi connectivity index (χ2v) is 11.9. The van der Waals surface area contributed by atoms with E-state index in [1.165, 1.54) is 21.3 Å². The molecule has 126 valence electrons. The van der Waals surface area contributed by atoms with Gasteiger partial charge in [0.15, 0.2) is 11.5 Å². The van der Waals surface area contributed by atoms with Gasteiger partial charge in [-0.15, -0.1) is 5.54 Å². The first-order valence-corrected chi connectivity index (χ1v) is 10.4. The Hall–Kier alpha value is -1.93. The van der Waals surface area contributed by atoms with Crippen LogP contribution >= 0.6 is 0 Å². The summed E-state index contributed by atoms with van der Waals surface area (Å²) in [5.74, 6) is 3.92. The van der Waals surface area contributed by atoms with E-state index in [0.717, 1.165) is 0 Å². The largest absolute Gasteiger partial charge is 0.493 e. The first-order chi connectivity index (χ1) is 10.6. The summed E-state index contributed by atoms with van der Waals surface area (Å²) in [6, 6.07) is 3.26. The molecule has 1 aromatic carbocycles. The molecule has 1 rings (SSSR count). The molecule has 0 N–H and O–H groups in total. The third-order valence-corrected chi connectivity index (χ3v) is 8.79. The molecule has 0 bridgehead atoms. The van der Waals surface area contributed by atoms with Gasteiger partial charge in [-0.1, -0.05) is 33.9 Å². The normalized spacial score (nSPS) is 11.3. The van der Waals surface area contributed by atoms with Crippen LogP contribution in [0.2, 0.25) is 18.1 Å². The highest BCUT2D eigenvalue weighted by atomic mass is 28.3. The van der Waals surface area contributed by atoms with Gasteiger partial charge in [-0.05, 0) is 23.1 Å². The Bertz CT molecular complexity index is 620. The number of ether oxygens (including phenoxy) is 3. The summed E-state index contributed by atoms with van der Waals surface area (Å²) in [6.07, 6.45) is 0. The van der Waals surface area contributed by atoms with E-state index in [2.05, 4.69) is 45.3 Å². The fourth-order valence-corrected chi connectivity index (χ4v) is 2.49. The van der Waals surface area contributed by atoms with Crippen LogP contribution in [0, 0.1) is 11.5 Å². The van der Waals surface area contributed by atoms with Crippen molar-refractivity contribution in [1.29, 1.82) is 0 Å². The van der Waals surface area contributed by atoms with Gasteiger partial charge in [0.05, 0.1) is 21.3 Å². The van der Waals surface area contributed by atoms with E-state index in [1.807, 2.05) is 0 Å². The molecule has 0 saturated carbocycles. The fourth-order valence-electron chi connectivity index (χ4n) is 1.68. The Kier molecular flexibility index (Phi) is 5.90. The lowest BCUT2D eigenvalue weighted by molar-refractivity contribution is 0.105. The molecular weight excluding hydrogens is 308 g/mol. The van der Waals surface area contributed by atoms with Crippen LogP contribution < -0.4 is 14.2 Å². The topological polar surface area (TPSA) is 44.8 Å². The van der Waals surface area contributed by atoms with E-state index in [9.17, 15) is 4.79 Å². The molecular formula is C18H26O4Si. The molecule has 5 heteroatoms. The van der Waals surface area contributed by atoms with Gasteiger partial charge in [0, 0.05) is 5.56 Å². The van der Waals surface area contributed by atoms with Gasteiger partial charge in [0.2, 0.25) is 11.5 Å². The van der Waals surface area contributed by atoms with Gasteiger partial charge in [-0.25, -0.2) is 0 Å². The van der Waals surface area contributed by atoms with E-state index < -0.39 is 8.07 Å². The first-order valence-electron chi connectivity index (χ1n) is 7.45. The highest BCUT2D eigenvalue weighted by Gasteiger charge is 2.33. The van der Waals surface area contributed by atoms with Crippen molar-refractivity contribution < 1.29 is 19.0 Å². The van der Waals surface area contributed by atoms with Crippen LogP contribution in [0.15, 0.2) is 12.1 Å². The maximum Gasteiger partial charge on any atom is 0.235 e. The standard InChI is InChI=1S/C18H26O4Si/c1-18(2,3)23(7,8)10-9-14(19)13-11-15(20-4)17(22-6)16(12-13)21-5/h11-12H,1-8H3. The molecule has 0 saturated heterocycles. The molecule has 0 aliphatic carbocycles. The second kappa shape index (κ2) is 7.09. The van der Waals surface area contributed by atoms with Crippen LogP contribution in [0.4, 0.5) is 0 Å². The van der Waals surface area contributed by atoms with E-state index in [4.69, 9.17) is 14.2 Å². The Labute approximate surface area is 140 Å². The number of carbonyl (C=O) groups excluding carboxylic acids is 1. The lowest BCUT2D eigenvalue weighted by Crippen LogP contribution is -2.35. The van der Waals surface area contributed by atoms with Crippen molar-refractivity contribution >= 4 is 13.9 Å². The molecule has 0 spiro atoms.